The molecule has 0 unspecified atom stereocenters. The smallest absolute Gasteiger partial charge is 0.0234 e. The molecule has 0 aliphatic heterocycles. The van der Waals surface area contributed by atoms with E-state index in [1.807, 2.05) is 44.2 Å². The van der Waals surface area contributed by atoms with E-state index in [9.17, 15) is 0 Å². The summed E-state index contributed by atoms with van der Waals surface area (Å²) in [6, 6.07) is 8.74. The maximum Gasteiger partial charge on any atom is 0.0234 e. The molecule has 1 aromatic rings. The van der Waals surface area contributed by atoms with Gasteiger partial charge in [0.2, 0.25) is 0 Å². The fourth-order valence-corrected chi connectivity index (χ4v) is 4.39. The Morgan fingerprint density at radius 3 is 1.93 bits per heavy atom. The molecule has 0 amide bonds. The average molecular weight is 222 g/mol. The Morgan fingerprint density at radius 1 is 1.00 bits per heavy atom. The lowest BCUT2D eigenvalue weighted by Crippen LogP contribution is -1.99. The highest BCUT2D eigenvalue weighted by Gasteiger charge is 2.10. The molecule has 0 aromatic heterocycles. The Hall–Kier alpha value is -0.650. The second-order valence-electron chi connectivity index (χ2n) is 3.01. The van der Waals surface area contributed by atoms with Gasteiger partial charge in [-0.15, -0.1) is 0 Å². The van der Waals surface area contributed by atoms with Crippen LogP contribution in [0.1, 0.15) is 13.8 Å². The van der Waals surface area contributed by atoms with Gasteiger partial charge in [-0.05, 0) is 30.8 Å². The normalized spacial score (nSPS) is 12.7. The number of allylic oxidation sites excluding steroid dienone is 2. The second-order valence-corrected chi connectivity index (χ2v) is 7.35. The standard InChI is InChI=1S/C12H15PS/c1-3-10-13(14,11-4-2)12-8-6-5-7-9-12/h3-11H,1-2H3/b10-3+,11-4+. The highest BCUT2D eigenvalue weighted by Crippen LogP contribution is 2.47. The summed E-state index contributed by atoms with van der Waals surface area (Å²) >= 11 is 5.70. The molecule has 0 bridgehead atoms. The van der Waals surface area contributed by atoms with E-state index in [-0.39, 0.29) is 0 Å². The van der Waals surface area contributed by atoms with E-state index in [1.165, 1.54) is 5.30 Å². The lowest BCUT2D eigenvalue weighted by atomic mass is 10.4. The predicted molar refractivity (Wildman–Crippen MR) is 70.0 cm³/mol. The first-order chi connectivity index (χ1) is 6.73. The molecule has 0 aliphatic carbocycles. The molecule has 0 aliphatic rings. The predicted octanol–water partition coefficient (Wildman–Crippen LogP) is 3.86. The number of benzene rings is 1. The van der Waals surface area contributed by atoms with Gasteiger partial charge in [-0.3, -0.25) is 0 Å². The van der Waals surface area contributed by atoms with Gasteiger partial charge in [0.1, 0.15) is 0 Å². The van der Waals surface area contributed by atoms with Crippen LogP contribution in [0, 0.1) is 0 Å². The zero-order valence-electron chi connectivity index (χ0n) is 8.55. The summed E-state index contributed by atoms with van der Waals surface area (Å²) in [5.41, 5.74) is 0. The maximum atomic E-state index is 5.70. The molecule has 0 fully saturated rings. The molecule has 0 saturated heterocycles. The van der Waals surface area contributed by atoms with Crippen LogP contribution in [0.25, 0.3) is 0 Å². The first-order valence-corrected chi connectivity index (χ1v) is 7.60. The van der Waals surface area contributed by atoms with Crippen LogP contribution in [-0.4, -0.2) is 0 Å². The lowest BCUT2D eigenvalue weighted by Gasteiger charge is -2.13. The zero-order chi connectivity index (χ0) is 10.4. The molecular formula is C12H15PS. The molecule has 74 valence electrons. The summed E-state index contributed by atoms with van der Waals surface area (Å²) in [7, 11) is 0. The lowest BCUT2D eigenvalue weighted by molar-refractivity contribution is 1.75. The van der Waals surface area contributed by atoms with Gasteiger partial charge < -0.3 is 0 Å². The van der Waals surface area contributed by atoms with Crippen LogP contribution in [0.3, 0.4) is 0 Å². The van der Waals surface area contributed by atoms with Crippen LogP contribution in [0.15, 0.2) is 54.1 Å². The highest BCUT2D eigenvalue weighted by molar-refractivity contribution is 8.21. The molecule has 0 N–H and O–H groups in total. The number of rotatable bonds is 3. The van der Waals surface area contributed by atoms with E-state index in [4.69, 9.17) is 11.8 Å². The van der Waals surface area contributed by atoms with E-state index < -0.39 is 6.04 Å². The van der Waals surface area contributed by atoms with E-state index in [0.29, 0.717) is 0 Å². The van der Waals surface area contributed by atoms with E-state index in [0.717, 1.165) is 0 Å². The molecule has 14 heavy (non-hydrogen) atoms. The first-order valence-electron chi connectivity index (χ1n) is 4.65. The van der Waals surface area contributed by atoms with Gasteiger partial charge in [0.25, 0.3) is 0 Å². The minimum Gasteiger partial charge on any atom is -0.0859 e. The third-order valence-electron chi connectivity index (χ3n) is 1.90. The Morgan fingerprint density at radius 2 is 1.50 bits per heavy atom. The minimum atomic E-state index is -1.60. The van der Waals surface area contributed by atoms with E-state index >= 15 is 0 Å². The summed E-state index contributed by atoms with van der Waals surface area (Å²) in [5.74, 6) is 4.30. The average Bonchev–Trinajstić information content (AvgIpc) is 2.20. The summed E-state index contributed by atoms with van der Waals surface area (Å²) < 4.78 is 0. The molecule has 0 atom stereocenters. The van der Waals surface area contributed by atoms with Gasteiger partial charge in [0, 0.05) is 6.04 Å². The minimum absolute atomic E-state index is 1.26. The van der Waals surface area contributed by atoms with Crippen molar-refractivity contribution in [2.45, 2.75) is 13.8 Å². The summed E-state index contributed by atoms with van der Waals surface area (Å²) in [6.07, 6.45) is 4.10. The fraction of sp³-hybridized carbons (Fsp3) is 0.167. The molecule has 0 radical (unpaired) electrons. The van der Waals surface area contributed by atoms with Crippen LogP contribution in [0.4, 0.5) is 0 Å². The van der Waals surface area contributed by atoms with Crippen LogP contribution in [-0.2, 0) is 11.8 Å². The van der Waals surface area contributed by atoms with Gasteiger partial charge in [-0.2, -0.15) is 0 Å². The van der Waals surface area contributed by atoms with Crippen molar-refractivity contribution < 1.29 is 0 Å². The quantitative estimate of drug-likeness (QED) is 0.700. The second kappa shape index (κ2) is 5.29. The monoisotopic (exact) mass is 222 g/mol. The summed E-state index contributed by atoms with van der Waals surface area (Å²) in [5, 5.41) is 1.26. The largest absolute Gasteiger partial charge is 0.0859 e. The van der Waals surface area contributed by atoms with E-state index in [2.05, 4.69) is 23.8 Å². The van der Waals surface area contributed by atoms with Crippen LogP contribution in [0.5, 0.6) is 0 Å². The molecule has 0 nitrogen and oxygen atoms in total. The van der Waals surface area contributed by atoms with Crippen molar-refractivity contribution in [3.63, 3.8) is 0 Å². The van der Waals surface area contributed by atoms with Gasteiger partial charge >= 0.3 is 0 Å². The van der Waals surface area contributed by atoms with Crippen LogP contribution < -0.4 is 5.30 Å². The molecule has 0 spiro atoms. The molecule has 1 aromatic carbocycles. The first kappa shape index (κ1) is 11.4. The van der Waals surface area contributed by atoms with Crippen molar-refractivity contribution >= 4 is 23.1 Å². The van der Waals surface area contributed by atoms with Crippen molar-refractivity contribution in [1.82, 2.24) is 0 Å². The van der Waals surface area contributed by atoms with Crippen LogP contribution in [0.2, 0.25) is 0 Å². The van der Waals surface area contributed by atoms with Gasteiger partial charge in [-0.25, -0.2) is 0 Å². The Balaban J connectivity index is 3.20. The number of hydrogen-bond acceptors (Lipinski definition) is 1. The Kier molecular flexibility index (Phi) is 4.31. The molecule has 0 saturated carbocycles. The van der Waals surface area contributed by atoms with E-state index in [1.54, 1.807) is 0 Å². The van der Waals surface area contributed by atoms with Crippen molar-refractivity contribution in [3.8, 4) is 0 Å². The highest BCUT2D eigenvalue weighted by atomic mass is 32.4. The van der Waals surface area contributed by atoms with Crippen LogP contribution >= 0.6 is 6.04 Å². The molecular weight excluding hydrogens is 207 g/mol. The van der Waals surface area contributed by atoms with Crippen molar-refractivity contribution in [2.24, 2.45) is 0 Å². The SMILES string of the molecule is C/C=C/P(=S)(/C=C/C)c1ccccc1. The summed E-state index contributed by atoms with van der Waals surface area (Å²) in [4.78, 5) is 0. The zero-order valence-corrected chi connectivity index (χ0v) is 10.3. The molecule has 1 rings (SSSR count). The summed E-state index contributed by atoms with van der Waals surface area (Å²) in [6.45, 7) is 4.04. The van der Waals surface area contributed by atoms with Crippen molar-refractivity contribution in [1.29, 1.82) is 0 Å². The molecule has 2 heteroatoms. The topological polar surface area (TPSA) is 0 Å². The number of hydrogen-bond donors (Lipinski definition) is 0. The van der Waals surface area contributed by atoms with Crippen molar-refractivity contribution in [2.75, 3.05) is 0 Å². The Bertz CT molecular complexity index is 361. The Labute approximate surface area is 91.4 Å². The maximum absolute atomic E-state index is 5.70. The third-order valence-corrected chi connectivity index (χ3v) is 5.85. The van der Waals surface area contributed by atoms with Gasteiger partial charge in [0.15, 0.2) is 0 Å². The fourth-order valence-electron chi connectivity index (χ4n) is 1.33. The van der Waals surface area contributed by atoms with Gasteiger partial charge in [0.05, 0.1) is 0 Å². The third kappa shape index (κ3) is 2.67. The van der Waals surface area contributed by atoms with Crippen molar-refractivity contribution in [3.05, 3.63) is 54.1 Å². The van der Waals surface area contributed by atoms with Gasteiger partial charge in [-0.1, -0.05) is 54.3 Å². The molecule has 0 heterocycles.